The molecule has 0 saturated carbocycles. The fourth-order valence-corrected chi connectivity index (χ4v) is 3.50. The van der Waals surface area contributed by atoms with Gasteiger partial charge in [-0.15, -0.1) is 0 Å². The third kappa shape index (κ3) is 3.49. The Morgan fingerprint density at radius 3 is 2.64 bits per heavy atom. The van der Waals surface area contributed by atoms with Crippen LogP contribution in [-0.2, 0) is 17.1 Å². The summed E-state index contributed by atoms with van der Waals surface area (Å²) in [4.78, 5) is 0.174. The van der Waals surface area contributed by atoms with Crippen LogP contribution in [0.2, 0.25) is 0 Å². The van der Waals surface area contributed by atoms with Crippen LogP contribution in [0.4, 0.5) is 0 Å². The van der Waals surface area contributed by atoms with Crippen molar-refractivity contribution in [3.05, 3.63) is 47.8 Å². The Morgan fingerprint density at radius 1 is 1.36 bits per heavy atom. The number of ether oxygens (including phenoxy) is 1. The fraction of sp³-hybridized carbons (Fsp3) is 0.333. The van der Waals surface area contributed by atoms with E-state index in [2.05, 4.69) is 4.72 Å². The number of benzene rings is 1. The number of aryl methyl sites for hydroxylation is 2. The summed E-state index contributed by atoms with van der Waals surface area (Å²) in [6, 6.07) is 8.28. The molecule has 0 radical (unpaired) electrons. The molecule has 2 aromatic rings. The van der Waals surface area contributed by atoms with Gasteiger partial charge in [-0.3, -0.25) is 0 Å². The average molecular weight is 324 g/mol. The molecule has 0 fully saturated rings. The largest absolute Gasteiger partial charge is 0.497 e. The van der Waals surface area contributed by atoms with Crippen molar-refractivity contribution in [3.63, 3.8) is 0 Å². The van der Waals surface area contributed by atoms with Crippen LogP contribution in [-0.4, -0.2) is 31.7 Å². The van der Waals surface area contributed by atoms with Crippen LogP contribution in [0.15, 0.2) is 41.4 Å². The maximum Gasteiger partial charge on any atom is 0.240 e. The van der Waals surface area contributed by atoms with Gasteiger partial charge in [-0.05, 0) is 42.8 Å². The molecular weight excluding hydrogens is 304 g/mol. The van der Waals surface area contributed by atoms with Crippen molar-refractivity contribution in [2.45, 2.75) is 17.9 Å². The minimum atomic E-state index is -3.69. The van der Waals surface area contributed by atoms with E-state index in [1.807, 2.05) is 0 Å². The third-order valence-electron chi connectivity index (χ3n) is 3.46. The van der Waals surface area contributed by atoms with Crippen LogP contribution in [0.1, 0.15) is 17.4 Å². The predicted molar refractivity (Wildman–Crippen MR) is 83.3 cm³/mol. The van der Waals surface area contributed by atoms with Gasteiger partial charge in [-0.25, -0.2) is 13.1 Å². The van der Waals surface area contributed by atoms with Crippen molar-refractivity contribution in [2.24, 2.45) is 7.05 Å². The highest BCUT2D eigenvalue weighted by Gasteiger charge is 2.20. The van der Waals surface area contributed by atoms with E-state index in [0.29, 0.717) is 17.0 Å². The van der Waals surface area contributed by atoms with Crippen LogP contribution in [0.25, 0.3) is 0 Å². The lowest BCUT2D eigenvalue weighted by Crippen LogP contribution is -2.29. The van der Waals surface area contributed by atoms with E-state index >= 15 is 0 Å². The van der Waals surface area contributed by atoms with Gasteiger partial charge in [0.15, 0.2) is 0 Å². The second-order valence-corrected chi connectivity index (χ2v) is 6.78. The predicted octanol–water partition coefficient (Wildman–Crippen LogP) is 1.35. The first-order valence-corrected chi connectivity index (χ1v) is 8.27. The maximum atomic E-state index is 12.3. The van der Waals surface area contributed by atoms with E-state index in [0.717, 1.165) is 0 Å². The number of hydrogen-bond donors (Lipinski definition) is 2. The molecular formula is C15H20N2O4S. The second-order valence-electron chi connectivity index (χ2n) is 5.04. The Hall–Kier alpha value is -1.83. The number of hydrogen-bond acceptors (Lipinski definition) is 4. The Bertz CT molecular complexity index is 753. The zero-order valence-corrected chi connectivity index (χ0v) is 13.6. The molecule has 2 N–H and O–H groups in total. The first kappa shape index (κ1) is 16.5. The van der Waals surface area contributed by atoms with Gasteiger partial charge in [0, 0.05) is 25.5 Å². The molecule has 0 spiro atoms. The molecule has 22 heavy (non-hydrogen) atoms. The number of sulfonamides is 1. The summed E-state index contributed by atoms with van der Waals surface area (Å²) in [5.74, 6) is 0.597. The minimum absolute atomic E-state index is 0.0916. The smallest absolute Gasteiger partial charge is 0.240 e. The van der Waals surface area contributed by atoms with Gasteiger partial charge >= 0.3 is 0 Å². The first-order valence-electron chi connectivity index (χ1n) is 6.79. The molecule has 1 aromatic heterocycles. The van der Waals surface area contributed by atoms with Gasteiger partial charge in [-0.2, -0.15) is 0 Å². The van der Waals surface area contributed by atoms with E-state index < -0.39 is 16.1 Å². The molecule has 0 aliphatic carbocycles. The lowest BCUT2D eigenvalue weighted by atomic mass is 10.2. The standard InChI is InChI=1S/C15H20N2O4S/c1-11-9-12(21-3)6-7-15(11)22(19,20)16-10-14(18)13-5-4-8-17(13)2/h4-9,14,16,18H,10H2,1-3H3. The molecule has 0 aliphatic heterocycles. The summed E-state index contributed by atoms with van der Waals surface area (Å²) < 4.78 is 33.9. The molecule has 1 aromatic carbocycles. The zero-order chi connectivity index (χ0) is 16.3. The van der Waals surface area contributed by atoms with Gasteiger partial charge < -0.3 is 14.4 Å². The Balaban J connectivity index is 2.13. The number of aliphatic hydroxyl groups is 1. The van der Waals surface area contributed by atoms with Crippen molar-refractivity contribution in [1.29, 1.82) is 0 Å². The normalized spacial score (nSPS) is 13.1. The Morgan fingerprint density at radius 2 is 2.09 bits per heavy atom. The van der Waals surface area contributed by atoms with Crippen LogP contribution < -0.4 is 9.46 Å². The van der Waals surface area contributed by atoms with Gasteiger partial charge in [0.1, 0.15) is 11.9 Å². The van der Waals surface area contributed by atoms with Gasteiger partial charge in [0.25, 0.3) is 0 Å². The number of nitrogens with one attached hydrogen (secondary N) is 1. The summed E-state index contributed by atoms with van der Waals surface area (Å²) >= 11 is 0. The average Bonchev–Trinajstić information content (AvgIpc) is 2.90. The summed E-state index contributed by atoms with van der Waals surface area (Å²) in [6.07, 6.45) is 0.883. The maximum absolute atomic E-state index is 12.3. The molecule has 7 heteroatoms. The van der Waals surface area contributed by atoms with E-state index in [1.54, 1.807) is 49.0 Å². The van der Waals surface area contributed by atoms with Crippen molar-refractivity contribution >= 4 is 10.0 Å². The fourth-order valence-electron chi connectivity index (χ4n) is 2.24. The summed E-state index contributed by atoms with van der Waals surface area (Å²) in [7, 11) is -0.372. The van der Waals surface area contributed by atoms with E-state index in [4.69, 9.17) is 4.74 Å². The molecule has 6 nitrogen and oxygen atoms in total. The topological polar surface area (TPSA) is 80.6 Å². The number of aromatic nitrogens is 1. The molecule has 0 aliphatic rings. The van der Waals surface area contributed by atoms with E-state index in [1.165, 1.54) is 13.2 Å². The monoisotopic (exact) mass is 324 g/mol. The number of aliphatic hydroxyl groups excluding tert-OH is 1. The van der Waals surface area contributed by atoms with Crippen LogP contribution in [0, 0.1) is 6.92 Å². The quantitative estimate of drug-likeness (QED) is 0.840. The summed E-state index contributed by atoms with van der Waals surface area (Å²) in [6.45, 7) is 1.61. The number of nitrogens with zero attached hydrogens (tertiary/aromatic N) is 1. The summed E-state index contributed by atoms with van der Waals surface area (Å²) in [5.41, 5.74) is 1.23. The molecule has 0 bridgehead atoms. The van der Waals surface area contributed by atoms with Gasteiger partial charge in [0.2, 0.25) is 10.0 Å². The molecule has 120 valence electrons. The molecule has 1 atom stereocenters. The first-order chi connectivity index (χ1) is 10.3. The lowest BCUT2D eigenvalue weighted by Gasteiger charge is -2.14. The Labute approximate surface area is 130 Å². The van der Waals surface area contributed by atoms with Gasteiger partial charge in [-0.1, -0.05) is 0 Å². The van der Waals surface area contributed by atoms with Crippen LogP contribution in [0.5, 0.6) is 5.75 Å². The lowest BCUT2D eigenvalue weighted by molar-refractivity contribution is 0.173. The van der Waals surface area contributed by atoms with Crippen molar-refractivity contribution in [3.8, 4) is 5.75 Å². The highest BCUT2D eigenvalue weighted by Crippen LogP contribution is 2.21. The highest BCUT2D eigenvalue weighted by atomic mass is 32.2. The van der Waals surface area contributed by atoms with Crippen molar-refractivity contribution in [1.82, 2.24) is 9.29 Å². The molecule has 0 saturated heterocycles. The number of methoxy groups -OCH3 is 1. The molecule has 1 unspecified atom stereocenters. The van der Waals surface area contributed by atoms with Crippen molar-refractivity contribution in [2.75, 3.05) is 13.7 Å². The molecule has 2 rings (SSSR count). The summed E-state index contributed by atoms with van der Waals surface area (Å²) in [5, 5.41) is 10.1. The van der Waals surface area contributed by atoms with Crippen LogP contribution in [0.3, 0.4) is 0 Å². The SMILES string of the molecule is COc1ccc(S(=O)(=O)NCC(O)c2cccn2C)c(C)c1. The zero-order valence-electron chi connectivity index (χ0n) is 12.8. The highest BCUT2D eigenvalue weighted by molar-refractivity contribution is 7.89. The second kappa shape index (κ2) is 6.51. The van der Waals surface area contributed by atoms with Crippen LogP contribution >= 0.6 is 0 Å². The van der Waals surface area contributed by atoms with E-state index in [9.17, 15) is 13.5 Å². The Kier molecular flexibility index (Phi) is 4.90. The number of rotatable bonds is 6. The third-order valence-corrected chi connectivity index (χ3v) is 5.05. The van der Waals surface area contributed by atoms with E-state index in [-0.39, 0.29) is 11.4 Å². The molecule has 1 heterocycles. The van der Waals surface area contributed by atoms with Crippen molar-refractivity contribution < 1.29 is 18.3 Å². The van der Waals surface area contributed by atoms with Gasteiger partial charge in [0.05, 0.1) is 12.0 Å². The molecule has 0 amide bonds. The minimum Gasteiger partial charge on any atom is -0.497 e.